The first kappa shape index (κ1) is 18.6. The summed E-state index contributed by atoms with van der Waals surface area (Å²) in [6.07, 6.45) is 0.724. The summed E-state index contributed by atoms with van der Waals surface area (Å²) in [5, 5.41) is 11.8. The molecule has 0 saturated heterocycles. The highest BCUT2D eigenvalue weighted by atomic mass is 79.9. The van der Waals surface area contributed by atoms with Crippen LogP contribution in [0.2, 0.25) is 5.02 Å². The molecule has 0 aliphatic rings. The Morgan fingerprint density at radius 2 is 1.92 bits per heavy atom. The number of amides is 1. The number of halogens is 2. The van der Waals surface area contributed by atoms with Crippen molar-refractivity contribution in [3.63, 3.8) is 0 Å². The van der Waals surface area contributed by atoms with E-state index in [-0.39, 0.29) is 5.91 Å². The topological polar surface area (TPSA) is 59.8 Å². The van der Waals surface area contributed by atoms with E-state index in [0.29, 0.717) is 23.0 Å². The highest BCUT2D eigenvalue weighted by molar-refractivity contribution is 9.10. The molecule has 0 aliphatic carbocycles. The number of carbonyl (C=O) groups excluding carboxylic acids is 1. The molecule has 134 valence electrons. The van der Waals surface area contributed by atoms with Crippen LogP contribution < -0.4 is 5.32 Å². The maximum atomic E-state index is 12.4. The molecule has 7 heteroatoms. The number of rotatable bonds is 5. The van der Waals surface area contributed by atoms with Crippen molar-refractivity contribution in [3.8, 4) is 5.69 Å². The van der Waals surface area contributed by atoms with Crippen LogP contribution in [0.3, 0.4) is 0 Å². The van der Waals surface area contributed by atoms with E-state index in [0.717, 1.165) is 27.7 Å². The number of hydrogen-bond acceptors (Lipinski definition) is 3. The summed E-state index contributed by atoms with van der Waals surface area (Å²) < 4.78 is 2.70. The molecule has 1 aromatic heterocycles. The van der Waals surface area contributed by atoms with Gasteiger partial charge >= 0.3 is 0 Å². The molecule has 0 spiro atoms. The quantitative estimate of drug-likeness (QED) is 0.653. The Bertz CT molecular complexity index is 937. The van der Waals surface area contributed by atoms with Crippen LogP contribution >= 0.6 is 27.5 Å². The van der Waals surface area contributed by atoms with Crippen LogP contribution in [-0.4, -0.2) is 27.4 Å². The van der Waals surface area contributed by atoms with Crippen LogP contribution in [0, 0.1) is 13.8 Å². The molecule has 0 fully saturated rings. The van der Waals surface area contributed by atoms with Crippen LogP contribution in [-0.2, 0) is 6.42 Å². The second kappa shape index (κ2) is 8.01. The molecular formula is C19H18BrClN4O. The lowest BCUT2D eigenvalue weighted by atomic mass is 10.1. The lowest BCUT2D eigenvalue weighted by molar-refractivity contribution is 0.0948. The smallest absolute Gasteiger partial charge is 0.273 e. The lowest BCUT2D eigenvalue weighted by Gasteiger charge is -2.07. The highest BCUT2D eigenvalue weighted by Crippen LogP contribution is 2.20. The molecule has 1 amide bonds. The molecule has 0 atom stereocenters. The van der Waals surface area contributed by atoms with E-state index in [1.54, 1.807) is 4.68 Å². The van der Waals surface area contributed by atoms with Crippen molar-refractivity contribution in [1.29, 1.82) is 0 Å². The molecule has 5 nitrogen and oxygen atoms in total. The number of carbonyl (C=O) groups is 1. The zero-order valence-corrected chi connectivity index (χ0v) is 16.8. The van der Waals surface area contributed by atoms with Crippen LogP contribution in [0.1, 0.15) is 27.3 Å². The molecule has 0 saturated carbocycles. The maximum Gasteiger partial charge on any atom is 0.273 e. The Hall–Kier alpha value is -2.18. The molecule has 1 heterocycles. The Morgan fingerprint density at radius 1 is 1.19 bits per heavy atom. The van der Waals surface area contributed by atoms with E-state index in [2.05, 4.69) is 31.6 Å². The fourth-order valence-corrected chi connectivity index (χ4v) is 2.97. The Labute approximate surface area is 165 Å². The monoisotopic (exact) mass is 432 g/mol. The minimum atomic E-state index is -0.225. The largest absolute Gasteiger partial charge is 0.350 e. The zero-order chi connectivity index (χ0) is 18.7. The molecule has 0 radical (unpaired) electrons. The molecular weight excluding hydrogens is 416 g/mol. The van der Waals surface area contributed by atoms with Crippen LogP contribution in [0.5, 0.6) is 0 Å². The van der Waals surface area contributed by atoms with Gasteiger partial charge in [-0.25, -0.2) is 4.68 Å². The third-order valence-electron chi connectivity index (χ3n) is 4.11. The minimum Gasteiger partial charge on any atom is -0.350 e. The Morgan fingerprint density at radius 3 is 2.62 bits per heavy atom. The summed E-state index contributed by atoms with van der Waals surface area (Å²) >= 11 is 9.36. The molecule has 26 heavy (non-hydrogen) atoms. The van der Waals surface area contributed by atoms with Gasteiger partial charge in [0.1, 0.15) is 0 Å². The van der Waals surface area contributed by atoms with Gasteiger partial charge in [-0.1, -0.05) is 44.9 Å². The van der Waals surface area contributed by atoms with E-state index in [4.69, 9.17) is 11.6 Å². The number of aromatic nitrogens is 3. The first-order valence-corrected chi connectivity index (χ1v) is 9.34. The first-order chi connectivity index (χ1) is 12.5. The summed E-state index contributed by atoms with van der Waals surface area (Å²) in [7, 11) is 0. The van der Waals surface area contributed by atoms with Crippen molar-refractivity contribution in [3.05, 3.63) is 74.5 Å². The lowest BCUT2D eigenvalue weighted by Crippen LogP contribution is -2.26. The first-order valence-electron chi connectivity index (χ1n) is 8.17. The summed E-state index contributed by atoms with van der Waals surface area (Å²) in [6.45, 7) is 4.36. The standard InChI is InChI=1S/C19H18BrClN4O/c1-12-11-16(7-8-17(12)20)25-13(2)18(23-24-25)19(26)22-10-9-14-3-5-15(21)6-4-14/h3-8,11H,9-10H2,1-2H3,(H,22,26). The van der Waals surface area contributed by atoms with Gasteiger partial charge in [-0.05, 0) is 61.7 Å². The molecule has 0 unspecified atom stereocenters. The predicted octanol–water partition coefficient (Wildman–Crippen LogP) is 4.27. The van der Waals surface area contributed by atoms with Gasteiger partial charge in [0.05, 0.1) is 11.4 Å². The summed E-state index contributed by atoms with van der Waals surface area (Å²) in [6, 6.07) is 13.5. The molecule has 1 N–H and O–H groups in total. The number of aryl methyl sites for hydroxylation is 1. The van der Waals surface area contributed by atoms with Gasteiger partial charge in [0.15, 0.2) is 5.69 Å². The second-order valence-corrected chi connectivity index (χ2v) is 7.29. The second-order valence-electron chi connectivity index (χ2n) is 6.00. The van der Waals surface area contributed by atoms with Crippen molar-refractivity contribution in [2.24, 2.45) is 0 Å². The van der Waals surface area contributed by atoms with E-state index >= 15 is 0 Å². The van der Waals surface area contributed by atoms with Gasteiger partial charge in [-0.15, -0.1) is 5.10 Å². The zero-order valence-electron chi connectivity index (χ0n) is 14.5. The van der Waals surface area contributed by atoms with Crippen molar-refractivity contribution < 1.29 is 4.79 Å². The fourth-order valence-electron chi connectivity index (χ4n) is 2.60. The van der Waals surface area contributed by atoms with Crippen molar-refractivity contribution in [2.75, 3.05) is 6.54 Å². The normalized spacial score (nSPS) is 10.8. The number of hydrogen-bond donors (Lipinski definition) is 1. The average Bonchev–Trinajstić information content (AvgIpc) is 3.00. The molecule has 0 bridgehead atoms. The number of nitrogens with one attached hydrogen (secondary N) is 1. The van der Waals surface area contributed by atoms with Crippen LogP contribution in [0.15, 0.2) is 46.9 Å². The Kier molecular flexibility index (Phi) is 5.74. The fraction of sp³-hybridized carbons (Fsp3) is 0.211. The third kappa shape index (κ3) is 4.14. The summed E-state index contributed by atoms with van der Waals surface area (Å²) in [5.41, 5.74) is 4.11. The van der Waals surface area contributed by atoms with E-state index in [1.807, 2.05) is 56.3 Å². The summed E-state index contributed by atoms with van der Waals surface area (Å²) in [5.74, 6) is -0.225. The highest BCUT2D eigenvalue weighted by Gasteiger charge is 2.17. The number of benzene rings is 2. The van der Waals surface area contributed by atoms with Gasteiger partial charge < -0.3 is 5.32 Å². The maximum absolute atomic E-state index is 12.4. The van der Waals surface area contributed by atoms with Crippen LogP contribution in [0.25, 0.3) is 5.69 Å². The SMILES string of the molecule is Cc1cc(-n2nnc(C(=O)NCCc3ccc(Cl)cc3)c2C)ccc1Br. The van der Waals surface area contributed by atoms with E-state index in [9.17, 15) is 4.79 Å². The summed E-state index contributed by atoms with van der Waals surface area (Å²) in [4.78, 5) is 12.4. The van der Waals surface area contributed by atoms with Crippen molar-refractivity contribution in [1.82, 2.24) is 20.3 Å². The van der Waals surface area contributed by atoms with E-state index in [1.165, 1.54) is 0 Å². The van der Waals surface area contributed by atoms with Crippen LogP contribution in [0.4, 0.5) is 0 Å². The third-order valence-corrected chi connectivity index (χ3v) is 5.25. The van der Waals surface area contributed by atoms with Gasteiger partial charge in [0, 0.05) is 16.0 Å². The molecule has 0 aliphatic heterocycles. The molecule has 3 aromatic rings. The Balaban J connectivity index is 1.67. The van der Waals surface area contributed by atoms with Crippen molar-refractivity contribution >= 4 is 33.4 Å². The van der Waals surface area contributed by atoms with E-state index < -0.39 is 0 Å². The molecule has 3 rings (SSSR count). The van der Waals surface area contributed by atoms with Gasteiger partial charge in [-0.2, -0.15) is 0 Å². The predicted molar refractivity (Wildman–Crippen MR) is 106 cm³/mol. The average molecular weight is 434 g/mol. The van der Waals surface area contributed by atoms with Gasteiger partial charge in [0.2, 0.25) is 0 Å². The van der Waals surface area contributed by atoms with Crippen molar-refractivity contribution in [2.45, 2.75) is 20.3 Å². The molecule has 2 aromatic carbocycles. The van der Waals surface area contributed by atoms with Gasteiger partial charge in [0.25, 0.3) is 5.91 Å². The van der Waals surface area contributed by atoms with Gasteiger partial charge in [-0.3, -0.25) is 4.79 Å². The number of nitrogens with zero attached hydrogens (tertiary/aromatic N) is 3. The minimum absolute atomic E-state index is 0.225.